The van der Waals surface area contributed by atoms with E-state index in [2.05, 4.69) is 10.2 Å². The molecule has 5 nitrogen and oxygen atoms in total. The monoisotopic (exact) mass is 228 g/mol. The number of hydrogen-bond donors (Lipinski definition) is 2. The molecule has 0 spiro atoms. The van der Waals surface area contributed by atoms with E-state index in [-0.39, 0.29) is 0 Å². The quantitative estimate of drug-likeness (QED) is 0.836. The number of benzene rings is 1. The molecular formula is C12H12N4O. The van der Waals surface area contributed by atoms with Gasteiger partial charge >= 0.3 is 0 Å². The first-order valence-corrected chi connectivity index (χ1v) is 5.08. The Labute approximate surface area is 98.8 Å². The number of methoxy groups -OCH3 is 1. The number of aromatic amines is 1. The highest BCUT2D eigenvalue weighted by Gasteiger charge is 2.12. The highest BCUT2D eigenvalue weighted by molar-refractivity contribution is 5.72. The van der Waals surface area contributed by atoms with Crippen LogP contribution in [-0.2, 0) is 11.3 Å². The van der Waals surface area contributed by atoms with E-state index in [0.29, 0.717) is 23.7 Å². The number of hydrogen-bond acceptors (Lipinski definition) is 4. The molecule has 1 heterocycles. The van der Waals surface area contributed by atoms with Crippen LogP contribution < -0.4 is 5.73 Å². The fraction of sp³-hybridized carbons (Fsp3) is 0.167. The fourth-order valence-electron chi connectivity index (χ4n) is 1.60. The van der Waals surface area contributed by atoms with E-state index in [4.69, 9.17) is 15.7 Å². The molecule has 0 atom stereocenters. The van der Waals surface area contributed by atoms with Crippen molar-refractivity contribution in [1.29, 1.82) is 5.26 Å². The first-order valence-electron chi connectivity index (χ1n) is 5.08. The van der Waals surface area contributed by atoms with Crippen molar-refractivity contribution in [2.24, 2.45) is 0 Å². The molecule has 0 saturated heterocycles. The smallest absolute Gasteiger partial charge is 0.137 e. The number of nitrogens with zero attached hydrogens (tertiary/aromatic N) is 2. The normalized spacial score (nSPS) is 10.1. The largest absolute Gasteiger partial charge is 0.383 e. The van der Waals surface area contributed by atoms with Crippen molar-refractivity contribution < 1.29 is 4.74 Å². The number of nitrogen functional groups attached to an aromatic ring is 1. The Bertz CT molecular complexity index is 551. The van der Waals surface area contributed by atoms with Gasteiger partial charge in [0, 0.05) is 12.7 Å². The fourth-order valence-corrected chi connectivity index (χ4v) is 1.60. The zero-order valence-corrected chi connectivity index (χ0v) is 9.40. The van der Waals surface area contributed by atoms with Crippen molar-refractivity contribution in [2.45, 2.75) is 6.61 Å². The molecule has 0 bridgehead atoms. The van der Waals surface area contributed by atoms with Crippen molar-refractivity contribution >= 4 is 5.82 Å². The Balaban J connectivity index is 2.37. The van der Waals surface area contributed by atoms with Crippen molar-refractivity contribution in [1.82, 2.24) is 10.2 Å². The molecule has 0 amide bonds. The molecule has 0 radical (unpaired) electrons. The molecule has 5 heteroatoms. The second-order valence-electron chi connectivity index (χ2n) is 3.60. The third kappa shape index (κ3) is 2.12. The number of anilines is 1. The first kappa shape index (κ1) is 11.2. The Morgan fingerprint density at radius 3 is 2.71 bits per heavy atom. The van der Waals surface area contributed by atoms with E-state index in [1.165, 1.54) is 0 Å². The number of ether oxygens (including phenoxy) is 1. The van der Waals surface area contributed by atoms with E-state index >= 15 is 0 Å². The summed E-state index contributed by atoms with van der Waals surface area (Å²) in [6.07, 6.45) is 0. The van der Waals surface area contributed by atoms with E-state index < -0.39 is 0 Å². The van der Waals surface area contributed by atoms with Crippen LogP contribution in [0, 0.1) is 11.3 Å². The summed E-state index contributed by atoms with van der Waals surface area (Å²) in [6, 6.07) is 9.70. The summed E-state index contributed by atoms with van der Waals surface area (Å²) in [5.41, 5.74) is 8.49. The van der Waals surface area contributed by atoms with Gasteiger partial charge in [0.15, 0.2) is 0 Å². The Hall–Kier alpha value is -2.32. The topological polar surface area (TPSA) is 87.7 Å². The zero-order valence-electron chi connectivity index (χ0n) is 9.40. The minimum Gasteiger partial charge on any atom is -0.383 e. The van der Waals surface area contributed by atoms with E-state index in [9.17, 15) is 0 Å². The van der Waals surface area contributed by atoms with Gasteiger partial charge in [-0.2, -0.15) is 10.4 Å². The molecule has 86 valence electrons. The van der Waals surface area contributed by atoms with Crippen molar-refractivity contribution in [2.75, 3.05) is 12.8 Å². The summed E-state index contributed by atoms with van der Waals surface area (Å²) in [4.78, 5) is 0. The van der Waals surface area contributed by atoms with Crippen LogP contribution in [0.2, 0.25) is 0 Å². The summed E-state index contributed by atoms with van der Waals surface area (Å²) < 4.78 is 5.03. The first-order chi connectivity index (χ1) is 8.26. The van der Waals surface area contributed by atoms with Gasteiger partial charge in [0.2, 0.25) is 0 Å². The van der Waals surface area contributed by atoms with Crippen LogP contribution in [0.5, 0.6) is 0 Å². The highest BCUT2D eigenvalue weighted by atomic mass is 16.5. The Morgan fingerprint density at radius 2 is 2.12 bits per heavy atom. The molecule has 0 saturated carbocycles. The maximum Gasteiger partial charge on any atom is 0.137 e. The molecule has 0 aliphatic carbocycles. The Kier molecular flexibility index (Phi) is 3.08. The molecule has 1 aromatic carbocycles. The van der Waals surface area contributed by atoms with Crippen molar-refractivity contribution in [3.05, 3.63) is 35.4 Å². The number of H-pyrrole nitrogens is 1. The van der Waals surface area contributed by atoms with Gasteiger partial charge < -0.3 is 10.5 Å². The molecule has 17 heavy (non-hydrogen) atoms. The molecule has 0 unspecified atom stereocenters. The van der Waals surface area contributed by atoms with Crippen LogP contribution in [-0.4, -0.2) is 17.3 Å². The summed E-state index contributed by atoms with van der Waals surface area (Å²) in [6.45, 7) is 0.564. The summed E-state index contributed by atoms with van der Waals surface area (Å²) in [5.74, 6) is 0.295. The average molecular weight is 228 g/mol. The standard InChI is InChI=1S/C12H12N4O/c1-17-7-8-2-4-9(5-3-8)11-10(6-13)12(14)16-15-11/h2-5H,7H2,1H3,(H3,14,15,16). The van der Waals surface area contributed by atoms with Crippen molar-refractivity contribution in [3.63, 3.8) is 0 Å². The average Bonchev–Trinajstić information content (AvgIpc) is 2.72. The van der Waals surface area contributed by atoms with Gasteiger partial charge in [-0.15, -0.1) is 0 Å². The second-order valence-corrected chi connectivity index (χ2v) is 3.60. The van der Waals surface area contributed by atoms with Gasteiger partial charge in [0.05, 0.1) is 6.61 Å². The number of nitriles is 1. The molecule has 0 fully saturated rings. The molecule has 1 aromatic heterocycles. The number of nitrogens with two attached hydrogens (primary N) is 1. The lowest BCUT2D eigenvalue weighted by Gasteiger charge is -2.01. The van der Waals surface area contributed by atoms with Crippen LogP contribution in [0.15, 0.2) is 24.3 Å². The van der Waals surface area contributed by atoms with Crippen LogP contribution in [0.4, 0.5) is 5.82 Å². The van der Waals surface area contributed by atoms with Gasteiger partial charge in [-0.05, 0) is 5.56 Å². The highest BCUT2D eigenvalue weighted by Crippen LogP contribution is 2.24. The van der Waals surface area contributed by atoms with Gasteiger partial charge in [-0.25, -0.2) is 0 Å². The maximum absolute atomic E-state index is 8.98. The van der Waals surface area contributed by atoms with Crippen LogP contribution >= 0.6 is 0 Å². The predicted molar refractivity (Wildman–Crippen MR) is 63.9 cm³/mol. The van der Waals surface area contributed by atoms with Gasteiger partial charge in [-0.1, -0.05) is 24.3 Å². The third-order valence-corrected chi connectivity index (χ3v) is 2.44. The van der Waals surface area contributed by atoms with Gasteiger partial charge in [-0.3, -0.25) is 5.10 Å². The lowest BCUT2D eigenvalue weighted by atomic mass is 10.1. The molecule has 2 rings (SSSR count). The van der Waals surface area contributed by atoms with Gasteiger partial charge in [0.1, 0.15) is 23.1 Å². The van der Waals surface area contributed by atoms with Gasteiger partial charge in [0.25, 0.3) is 0 Å². The lowest BCUT2D eigenvalue weighted by Crippen LogP contribution is -1.89. The SMILES string of the molecule is COCc1ccc(-c2n[nH]c(N)c2C#N)cc1. The summed E-state index contributed by atoms with van der Waals surface area (Å²) >= 11 is 0. The molecule has 0 aliphatic rings. The third-order valence-electron chi connectivity index (χ3n) is 2.44. The van der Waals surface area contributed by atoms with Crippen molar-refractivity contribution in [3.8, 4) is 17.3 Å². The lowest BCUT2D eigenvalue weighted by molar-refractivity contribution is 0.185. The minimum absolute atomic E-state index is 0.295. The number of rotatable bonds is 3. The maximum atomic E-state index is 8.98. The number of nitrogens with one attached hydrogen (secondary N) is 1. The van der Waals surface area contributed by atoms with Crippen LogP contribution in [0.25, 0.3) is 11.3 Å². The predicted octanol–water partition coefficient (Wildman–Crippen LogP) is 1.68. The molecular weight excluding hydrogens is 216 g/mol. The van der Waals surface area contributed by atoms with Crippen LogP contribution in [0.1, 0.15) is 11.1 Å². The van der Waals surface area contributed by atoms with Crippen LogP contribution in [0.3, 0.4) is 0 Å². The summed E-state index contributed by atoms with van der Waals surface area (Å²) in [5, 5.41) is 15.6. The van der Waals surface area contributed by atoms with E-state index in [1.54, 1.807) is 7.11 Å². The second kappa shape index (κ2) is 4.68. The summed E-state index contributed by atoms with van der Waals surface area (Å²) in [7, 11) is 1.65. The Morgan fingerprint density at radius 1 is 1.41 bits per heavy atom. The van der Waals surface area contributed by atoms with E-state index in [0.717, 1.165) is 11.1 Å². The molecule has 2 aromatic rings. The molecule has 3 N–H and O–H groups in total. The molecule has 0 aliphatic heterocycles. The van der Waals surface area contributed by atoms with E-state index in [1.807, 2.05) is 30.3 Å². The minimum atomic E-state index is 0.295. The zero-order chi connectivity index (χ0) is 12.3. The number of aromatic nitrogens is 2.